The topological polar surface area (TPSA) is 4.36 Å². The number of nitrogens with zero attached hydrogens (tertiary/aromatic N) is 1. The Bertz CT molecular complexity index is 370. The van der Waals surface area contributed by atoms with Gasteiger partial charge in [0.2, 0.25) is 0 Å². The van der Waals surface area contributed by atoms with E-state index in [0.29, 0.717) is 0 Å². The second kappa shape index (κ2) is 3.72. The Labute approximate surface area is 83.6 Å². The molecule has 0 bridgehead atoms. The number of rotatable bonds is 0. The summed E-state index contributed by atoms with van der Waals surface area (Å²) in [5.41, 5.74) is 4.28. The van der Waals surface area contributed by atoms with Crippen LogP contribution in [-0.4, -0.2) is 0 Å². The van der Waals surface area contributed by atoms with Crippen LogP contribution in [-0.2, 0) is 19.4 Å². The van der Waals surface area contributed by atoms with Crippen molar-refractivity contribution in [1.29, 1.82) is 0 Å². The molecule has 0 radical (unpaired) electrons. The molecule has 0 saturated carbocycles. The molecule has 0 unspecified atom stereocenters. The maximum atomic E-state index is 5.30. The zero-order valence-electron chi connectivity index (χ0n) is 7.09. The zero-order valence-corrected chi connectivity index (χ0v) is 9.09. The monoisotopic (exact) mass is 241 g/mol. The van der Waals surface area contributed by atoms with Gasteiger partial charge in [0.15, 0.2) is 0 Å². The molecule has 0 atom stereocenters. The van der Waals surface area contributed by atoms with Gasteiger partial charge >= 0.3 is 83.5 Å². The van der Waals surface area contributed by atoms with E-state index in [9.17, 15) is 0 Å². The Morgan fingerprint density at radius 1 is 1.33 bits per heavy atom. The molecule has 0 aliphatic carbocycles. The van der Waals surface area contributed by atoms with Crippen LogP contribution in [0, 0.1) is 26.2 Å². The van der Waals surface area contributed by atoms with Crippen molar-refractivity contribution < 1.29 is 19.4 Å². The first-order valence-electron chi connectivity index (χ1n) is 3.60. The second-order valence-corrected chi connectivity index (χ2v) is 3.14. The predicted octanol–water partition coefficient (Wildman–Crippen LogP) is 2.75. The minimum atomic E-state index is 0.929. The molecular weight excluding hydrogens is 230 g/mol. The molecule has 0 N–H and O–H groups in total. The summed E-state index contributed by atoms with van der Waals surface area (Å²) in [5.74, 6) is 2.62. The fraction of sp³-hybridized carbons (Fsp3) is 0.200. The Morgan fingerprint density at radius 2 is 1.83 bits per heavy atom. The summed E-state index contributed by atoms with van der Waals surface area (Å²) in [6.45, 7) is 4.05. The Balaban J connectivity index is 3.43. The average Bonchev–Trinajstić information content (AvgIpc) is 2.03. The van der Waals surface area contributed by atoms with Crippen LogP contribution >= 0.6 is 0 Å². The molecule has 59 valence electrons. The van der Waals surface area contributed by atoms with Gasteiger partial charge in [-0.15, -0.1) is 0 Å². The van der Waals surface area contributed by atoms with Crippen LogP contribution in [0.5, 0.6) is 0 Å². The molecule has 0 amide bonds. The molecule has 0 fully saturated rings. The van der Waals surface area contributed by atoms with Crippen molar-refractivity contribution in [3.05, 3.63) is 32.1 Å². The molecule has 0 aromatic heterocycles. The molecule has 1 aromatic rings. The van der Waals surface area contributed by atoms with Gasteiger partial charge in [-0.2, -0.15) is 0 Å². The van der Waals surface area contributed by atoms with E-state index in [1.54, 1.807) is 19.4 Å². The maximum absolute atomic E-state index is 5.30. The van der Waals surface area contributed by atoms with E-state index in [2.05, 4.69) is 9.23 Å². The summed E-state index contributed by atoms with van der Waals surface area (Å²) >= 11 is 1.73. The third-order valence-corrected chi connectivity index (χ3v) is 2.20. The van der Waals surface area contributed by atoms with Crippen molar-refractivity contribution in [3.8, 4) is 12.3 Å². The third-order valence-electron chi connectivity index (χ3n) is 1.75. The van der Waals surface area contributed by atoms with E-state index < -0.39 is 0 Å². The van der Waals surface area contributed by atoms with E-state index in [-0.39, 0.29) is 0 Å². The Morgan fingerprint density at radius 3 is 2.17 bits per heavy atom. The summed E-state index contributed by atoms with van der Waals surface area (Å²) in [5, 5.41) is 0. The Hall–Kier alpha value is -0.822. The van der Waals surface area contributed by atoms with Gasteiger partial charge in [0.05, 0.1) is 0 Å². The van der Waals surface area contributed by atoms with Crippen molar-refractivity contribution in [2.75, 3.05) is 0 Å². The first-order chi connectivity index (χ1) is 5.69. The van der Waals surface area contributed by atoms with Crippen LogP contribution in [0.25, 0.3) is 3.31 Å². The quantitative estimate of drug-likeness (QED) is 0.484. The summed E-state index contributed by atoms with van der Waals surface area (Å²) < 4.78 is 4.19. The van der Waals surface area contributed by atoms with Crippen molar-refractivity contribution in [3.63, 3.8) is 0 Å². The number of hydrogen-bond donors (Lipinski definition) is 0. The van der Waals surface area contributed by atoms with Crippen LogP contribution in [0.15, 0.2) is 12.1 Å². The fourth-order valence-corrected chi connectivity index (χ4v) is 1.89. The SMILES string of the molecule is C#Cc1cc(C)c([N+]#[Mo])c(C)c1. The molecule has 12 heavy (non-hydrogen) atoms. The molecule has 1 aromatic carbocycles. The van der Waals surface area contributed by atoms with Crippen LogP contribution in [0.3, 0.4) is 0 Å². The van der Waals surface area contributed by atoms with E-state index >= 15 is 0 Å². The number of hydrogen-bond acceptors (Lipinski definition) is 0. The molecule has 0 spiro atoms. The van der Waals surface area contributed by atoms with Crippen molar-refractivity contribution >= 4 is 5.69 Å². The third kappa shape index (κ3) is 1.67. The van der Waals surface area contributed by atoms with E-state index in [1.165, 1.54) is 0 Å². The molecule has 0 saturated heterocycles. The van der Waals surface area contributed by atoms with Gasteiger partial charge in [-0.25, -0.2) is 0 Å². The molecular formula is C10H9MoN+. The summed E-state index contributed by atoms with van der Waals surface area (Å²) in [4.78, 5) is 0. The summed E-state index contributed by atoms with van der Waals surface area (Å²) in [6.07, 6.45) is 5.30. The molecule has 2 heteroatoms. The summed E-state index contributed by atoms with van der Waals surface area (Å²) in [6, 6.07) is 3.97. The predicted molar refractivity (Wildman–Crippen MR) is 46.9 cm³/mol. The minimum absolute atomic E-state index is 0.929. The van der Waals surface area contributed by atoms with Gasteiger partial charge in [-0.05, 0) is 0 Å². The van der Waals surface area contributed by atoms with Crippen molar-refractivity contribution in [2.24, 2.45) is 0 Å². The molecule has 0 heterocycles. The van der Waals surface area contributed by atoms with Crippen LogP contribution < -0.4 is 0 Å². The van der Waals surface area contributed by atoms with E-state index in [1.807, 2.05) is 26.0 Å². The van der Waals surface area contributed by atoms with Gasteiger partial charge in [0.1, 0.15) is 0 Å². The first kappa shape index (κ1) is 9.27. The van der Waals surface area contributed by atoms with Gasteiger partial charge in [0, 0.05) is 0 Å². The fourth-order valence-electron chi connectivity index (χ4n) is 1.18. The molecule has 0 aliphatic heterocycles. The second-order valence-electron chi connectivity index (χ2n) is 2.69. The molecule has 1 nitrogen and oxygen atoms in total. The summed E-state index contributed by atoms with van der Waals surface area (Å²) in [7, 11) is 0. The van der Waals surface area contributed by atoms with Gasteiger partial charge < -0.3 is 0 Å². The van der Waals surface area contributed by atoms with Crippen molar-refractivity contribution in [1.82, 2.24) is 0 Å². The zero-order chi connectivity index (χ0) is 9.14. The Kier molecular flexibility index (Phi) is 2.87. The molecule has 0 aliphatic rings. The average molecular weight is 239 g/mol. The van der Waals surface area contributed by atoms with Crippen molar-refractivity contribution in [2.45, 2.75) is 13.8 Å². The normalized spacial score (nSPS) is 8.67. The standard InChI is InChI=1S/C10H9N.Mo/c1-4-9-5-7(2)10(11)8(3)6-9;/h1,5-6H,2-3H3;/q+1;. The van der Waals surface area contributed by atoms with Crippen LogP contribution in [0.1, 0.15) is 16.7 Å². The van der Waals surface area contributed by atoms with Gasteiger partial charge in [-0.3, -0.25) is 0 Å². The van der Waals surface area contributed by atoms with Crippen LogP contribution in [0.2, 0.25) is 0 Å². The van der Waals surface area contributed by atoms with E-state index in [4.69, 9.17) is 6.42 Å². The van der Waals surface area contributed by atoms with Gasteiger partial charge in [-0.1, -0.05) is 0 Å². The van der Waals surface area contributed by atoms with E-state index in [0.717, 1.165) is 22.4 Å². The van der Waals surface area contributed by atoms with Crippen LogP contribution in [0.4, 0.5) is 5.69 Å². The van der Waals surface area contributed by atoms with Gasteiger partial charge in [0.25, 0.3) is 0 Å². The number of benzene rings is 1. The number of aryl methyl sites for hydroxylation is 2. The molecule has 1 rings (SSSR count). The number of terminal acetylenes is 1. The first-order valence-corrected chi connectivity index (χ1v) is 4.50.